The molecular formula is C26H15ClN2O2. The number of hydrogen-bond donors (Lipinski definition) is 2. The van der Waals surface area contributed by atoms with Gasteiger partial charge in [0.05, 0.1) is 17.0 Å². The molecule has 148 valence electrons. The van der Waals surface area contributed by atoms with Crippen LogP contribution in [-0.4, -0.2) is 21.5 Å². The standard InChI is InChI=1S/C26H15ClN2O2/c27-15-10-11-20-18(12-15)19(13-28-20)21-22-24(29-23(21)14-6-2-1-3-7-14)26(31)17-9-5-4-8-16(17)25(22)30/h1-13,28-29H. The number of aromatic amines is 2. The average Bonchev–Trinajstić information content (AvgIpc) is 3.39. The van der Waals surface area contributed by atoms with Gasteiger partial charge in [0.1, 0.15) is 0 Å². The second-order valence-electron chi connectivity index (χ2n) is 7.59. The lowest BCUT2D eigenvalue weighted by Crippen LogP contribution is -2.20. The molecule has 2 N–H and O–H groups in total. The number of nitrogens with one attached hydrogen (secondary N) is 2. The van der Waals surface area contributed by atoms with Crippen LogP contribution in [0.2, 0.25) is 5.02 Å². The highest BCUT2D eigenvalue weighted by Gasteiger charge is 2.36. The van der Waals surface area contributed by atoms with Crippen LogP contribution in [0, 0.1) is 0 Å². The van der Waals surface area contributed by atoms with Gasteiger partial charge >= 0.3 is 0 Å². The summed E-state index contributed by atoms with van der Waals surface area (Å²) in [6.07, 6.45) is 1.87. The Bertz CT molecular complexity index is 1530. The van der Waals surface area contributed by atoms with Gasteiger partial charge < -0.3 is 9.97 Å². The van der Waals surface area contributed by atoms with E-state index in [4.69, 9.17) is 11.6 Å². The Kier molecular flexibility index (Phi) is 3.79. The molecule has 0 radical (unpaired) electrons. The van der Waals surface area contributed by atoms with Crippen molar-refractivity contribution in [3.63, 3.8) is 0 Å². The molecule has 0 amide bonds. The van der Waals surface area contributed by atoms with E-state index < -0.39 is 0 Å². The molecule has 0 saturated carbocycles. The minimum atomic E-state index is -0.175. The lowest BCUT2D eigenvalue weighted by Gasteiger charge is -2.15. The van der Waals surface area contributed by atoms with Crippen LogP contribution in [0.4, 0.5) is 0 Å². The van der Waals surface area contributed by atoms with Crippen molar-refractivity contribution < 1.29 is 9.59 Å². The number of benzene rings is 3. The first-order valence-electron chi connectivity index (χ1n) is 9.90. The van der Waals surface area contributed by atoms with Crippen molar-refractivity contribution in [2.24, 2.45) is 0 Å². The highest BCUT2D eigenvalue weighted by molar-refractivity contribution is 6.33. The molecule has 5 aromatic rings. The number of ketones is 2. The quantitative estimate of drug-likeness (QED) is 0.346. The van der Waals surface area contributed by atoms with E-state index in [0.717, 1.165) is 27.7 Å². The maximum Gasteiger partial charge on any atom is 0.210 e. The molecule has 0 atom stereocenters. The van der Waals surface area contributed by atoms with Gasteiger partial charge in [-0.15, -0.1) is 0 Å². The number of hydrogen-bond acceptors (Lipinski definition) is 2. The second kappa shape index (κ2) is 6.56. The molecular weight excluding hydrogens is 408 g/mol. The molecule has 2 aromatic heterocycles. The van der Waals surface area contributed by atoms with E-state index in [2.05, 4.69) is 9.97 Å². The maximum absolute atomic E-state index is 13.6. The van der Waals surface area contributed by atoms with Crippen molar-refractivity contribution in [2.75, 3.05) is 0 Å². The van der Waals surface area contributed by atoms with Crippen molar-refractivity contribution in [1.29, 1.82) is 0 Å². The van der Waals surface area contributed by atoms with Crippen molar-refractivity contribution >= 4 is 34.1 Å². The number of carbonyl (C=O) groups is 2. The van der Waals surface area contributed by atoms with Gasteiger partial charge in [-0.3, -0.25) is 9.59 Å². The molecule has 0 saturated heterocycles. The summed E-state index contributed by atoms with van der Waals surface area (Å²) in [4.78, 5) is 33.5. The first-order chi connectivity index (χ1) is 15.1. The molecule has 2 heterocycles. The minimum absolute atomic E-state index is 0.157. The molecule has 0 fully saturated rings. The molecule has 1 aliphatic rings. The van der Waals surface area contributed by atoms with Gasteiger partial charge in [-0.1, -0.05) is 66.2 Å². The Morgan fingerprint density at radius 1 is 0.677 bits per heavy atom. The van der Waals surface area contributed by atoms with Gasteiger partial charge in [0, 0.05) is 44.4 Å². The van der Waals surface area contributed by atoms with E-state index in [1.807, 2.05) is 54.7 Å². The average molecular weight is 423 g/mol. The van der Waals surface area contributed by atoms with Gasteiger partial charge in [0.15, 0.2) is 5.78 Å². The zero-order valence-corrected chi connectivity index (χ0v) is 17.0. The third-order valence-corrected chi connectivity index (χ3v) is 6.08. The van der Waals surface area contributed by atoms with E-state index in [9.17, 15) is 9.59 Å². The van der Waals surface area contributed by atoms with Crippen molar-refractivity contribution in [3.8, 4) is 22.4 Å². The summed E-state index contributed by atoms with van der Waals surface area (Å²) < 4.78 is 0. The highest BCUT2D eigenvalue weighted by atomic mass is 35.5. The summed E-state index contributed by atoms with van der Waals surface area (Å²) in [6.45, 7) is 0. The molecule has 1 aliphatic carbocycles. The van der Waals surface area contributed by atoms with Gasteiger partial charge in [0.2, 0.25) is 5.78 Å². The topological polar surface area (TPSA) is 65.7 Å². The Balaban J connectivity index is 1.73. The Morgan fingerprint density at radius 3 is 2.16 bits per heavy atom. The van der Waals surface area contributed by atoms with Crippen molar-refractivity contribution in [3.05, 3.63) is 106 Å². The summed E-state index contributed by atoms with van der Waals surface area (Å²) in [6, 6.07) is 22.3. The van der Waals surface area contributed by atoms with Crippen LogP contribution in [0.25, 0.3) is 33.3 Å². The molecule has 5 heteroatoms. The van der Waals surface area contributed by atoms with Crippen molar-refractivity contribution in [2.45, 2.75) is 0 Å². The third kappa shape index (κ3) is 2.55. The number of H-pyrrole nitrogens is 2. The smallest absolute Gasteiger partial charge is 0.210 e. The third-order valence-electron chi connectivity index (χ3n) is 5.85. The SMILES string of the molecule is O=C1c2ccccc2C(=O)c2c1[nH]c(-c1ccccc1)c2-c1c[nH]c2ccc(Cl)cc12. The monoisotopic (exact) mass is 422 g/mol. The minimum Gasteiger partial charge on any atom is -0.361 e. The largest absolute Gasteiger partial charge is 0.361 e. The van der Waals surface area contributed by atoms with Crippen LogP contribution in [0.15, 0.2) is 79.0 Å². The van der Waals surface area contributed by atoms with E-state index in [0.29, 0.717) is 33.0 Å². The Labute approximate surface area is 182 Å². The fourth-order valence-corrected chi connectivity index (χ4v) is 4.61. The van der Waals surface area contributed by atoms with Gasteiger partial charge in [-0.2, -0.15) is 0 Å². The molecule has 0 aliphatic heterocycles. The molecule has 0 unspecified atom stereocenters. The van der Waals surface area contributed by atoms with Crippen LogP contribution < -0.4 is 0 Å². The van der Waals surface area contributed by atoms with Crippen LogP contribution in [0.1, 0.15) is 32.0 Å². The van der Waals surface area contributed by atoms with Crippen LogP contribution in [0.3, 0.4) is 0 Å². The molecule has 0 spiro atoms. The summed E-state index contributed by atoms with van der Waals surface area (Å²) >= 11 is 6.29. The summed E-state index contributed by atoms with van der Waals surface area (Å²) in [5.74, 6) is -0.332. The number of aromatic nitrogens is 2. The van der Waals surface area contributed by atoms with Gasteiger partial charge in [-0.25, -0.2) is 0 Å². The van der Waals surface area contributed by atoms with Crippen LogP contribution in [-0.2, 0) is 0 Å². The van der Waals surface area contributed by atoms with Gasteiger partial charge in [0.25, 0.3) is 0 Å². The van der Waals surface area contributed by atoms with E-state index >= 15 is 0 Å². The second-order valence-corrected chi connectivity index (χ2v) is 8.02. The zero-order valence-electron chi connectivity index (χ0n) is 16.2. The normalized spacial score (nSPS) is 12.8. The van der Waals surface area contributed by atoms with E-state index in [-0.39, 0.29) is 11.6 Å². The summed E-state index contributed by atoms with van der Waals surface area (Å²) in [5, 5.41) is 1.50. The van der Waals surface area contributed by atoms with Crippen molar-refractivity contribution in [1.82, 2.24) is 9.97 Å². The lowest BCUT2D eigenvalue weighted by molar-refractivity contribution is 0.0977. The summed E-state index contributed by atoms with van der Waals surface area (Å²) in [5.41, 5.74) is 5.67. The van der Waals surface area contributed by atoms with E-state index in [1.54, 1.807) is 24.3 Å². The molecule has 4 nitrogen and oxygen atoms in total. The molecule has 0 bridgehead atoms. The lowest BCUT2D eigenvalue weighted by atomic mass is 9.84. The maximum atomic E-state index is 13.6. The summed E-state index contributed by atoms with van der Waals surface area (Å²) in [7, 11) is 0. The fourth-order valence-electron chi connectivity index (χ4n) is 4.44. The van der Waals surface area contributed by atoms with Crippen LogP contribution >= 0.6 is 11.6 Å². The molecule has 31 heavy (non-hydrogen) atoms. The predicted octanol–water partition coefficient (Wildman–Crippen LogP) is 6.26. The highest BCUT2D eigenvalue weighted by Crippen LogP contribution is 2.43. The first kappa shape index (κ1) is 17.9. The predicted molar refractivity (Wildman–Crippen MR) is 122 cm³/mol. The van der Waals surface area contributed by atoms with Gasteiger partial charge in [-0.05, 0) is 23.8 Å². The number of rotatable bonds is 2. The molecule has 6 rings (SSSR count). The van der Waals surface area contributed by atoms with Crippen LogP contribution in [0.5, 0.6) is 0 Å². The number of halogens is 1. The van der Waals surface area contributed by atoms with E-state index in [1.165, 1.54) is 0 Å². The fraction of sp³-hybridized carbons (Fsp3) is 0. The Morgan fingerprint density at radius 2 is 1.39 bits per heavy atom. The number of carbonyl (C=O) groups excluding carboxylic acids is 2. The first-order valence-corrected chi connectivity index (χ1v) is 10.3. The zero-order chi connectivity index (χ0) is 21.1. The number of fused-ring (bicyclic) bond motifs is 3. The Hall–Kier alpha value is -3.89. The molecule has 3 aromatic carbocycles.